The quantitative estimate of drug-likeness (QED) is 0.0375. The Morgan fingerprint density at radius 1 is 0.531 bits per heavy atom. The third-order valence-corrected chi connectivity index (χ3v) is 7.15. The van der Waals surface area contributed by atoms with Crippen LogP contribution in [-0.2, 0) is 18.3 Å². The van der Waals surface area contributed by atoms with Crippen LogP contribution in [0.1, 0.15) is 142 Å². The van der Waals surface area contributed by atoms with Crippen LogP contribution in [0, 0.1) is 0 Å². The number of hydrogen-bond donors (Lipinski definition) is 0. The molecule has 0 aliphatic heterocycles. The molecule has 0 aliphatic carbocycles. The highest BCUT2D eigenvalue weighted by atomic mass is 28.3. The molecule has 0 aromatic carbocycles. The summed E-state index contributed by atoms with van der Waals surface area (Å²) in [5, 5.41) is 0. The molecule has 192 valence electrons. The second-order valence-electron chi connectivity index (χ2n) is 9.06. The molecule has 0 aliphatic rings. The van der Waals surface area contributed by atoms with Gasteiger partial charge in [0.2, 0.25) is 0 Å². The predicted octanol–water partition coefficient (Wildman–Crippen LogP) is 8.71. The van der Waals surface area contributed by atoms with E-state index in [1.165, 1.54) is 116 Å². The van der Waals surface area contributed by atoms with Gasteiger partial charge in [0.25, 0.3) is 0 Å². The second-order valence-corrected chi connectivity index (χ2v) is 10.5. The van der Waals surface area contributed by atoms with Crippen LogP contribution in [0.2, 0.25) is 0 Å². The summed E-state index contributed by atoms with van der Waals surface area (Å²) in [6, 6.07) is 0. The molecule has 0 N–H and O–H groups in total. The van der Waals surface area contributed by atoms with E-state index in [1.807, 2.05) is 0 Å². The van der Waals surface area contributed by atoms with Crippen LogP contribution < -0.4 is 0 Å². The van der Waals surface area contributed by atoms with Crippen molar-refractivity contribution in [2.24, 2.45) is 0 Å². The predicted molar refractivity (Wildman–Crippen MR) is 140 cm³/mol. The van der Waals surface area contributed by atoms with Crippen LogP contribution in [0.4, 0.5) is 0 Å². The highest BCUT2D eigenvalue weighted by Gasteiger charge is 2.16. The molecule has 0 saturated heterocycles. The maximum Gasteiger partial charge on any atom is 0.513 e. The zero-order valence-corrected chi connectivity index (χ0v) is 22.9. The zero-order valence-electron chi connectivity index (χ0n) is 21.8. The van der Waals surface area contributed by atoms with Gasteiger partial charge in [0.1, 0.15) is 0 Å². The summed E-state index contributed by atoms with van der Waals surface area (Å²) in [5.41, 5.74) is 0. The van der Waals surface area contributed by atoms with E-state index in [-0.39, 0.29) is 0 Å². The van der Waals surface area contributed by atoms with Crippen molar-refractivity contribution in [2.75, 3.05) is 19.8 Å². The summed E-state index contributed by atoms with van der Waals surface area (Å²) >= 11 is 0. The lowest BCUT2D eigenvalue weighted by Crippen LogP contribution is -2.28. The van der Waals surface area contributed by atoms with Crippen molar-refractivity contribution < 1.29 is 18.3 Å². The first-order valence-electron chi connectivity index (χ1n) is 14.0. The number of rotatable bonds is 28. The van der Waals surface area contributed by atoms with Gasteiger partial charge in [0.15, 0.2) is 0 Å². The fourth-order valence-electron chi connectivity index (χ4n) is 3.78. The SMILES string of the molecule is C=CCOO[SiH](OCCCCCCCCCCCC)OCCCCCCCCCCCC. The third-order valence-electron chi connectivity index (χ3n) is 5.84. The molecule has 0 rings (SSSR count). The van der Waals surface area contributed by atoms with Gasteiger partial charge >= 0.3 is 9.53 Å². The maximum atomic E-state index is 5.89. The first-order valence-corrected chi connectivity index (χ1v) is 15.4. The Kier molecular flexibility index (Phi) is 28.6. The summed E-state index contributed by atoms with van der Waals surface area (Å²) in [7, 11) is -2.20. The monoisotopic (exact) mass is 472 g/mol. The fourth-order valence-corrected chi connectivity index (χ4v) is 4.90. The van der Waals surface area contributed by atoms with Crippen molar-refractivity contribution >= 4 is 9.53 Å². The molecule has 0 spiro atoms. The molecular weight excluding hydrogens is 416 g/mol. The lowest BCUT2D eigenvalue weighted by molar-refractivity contribution is -0.231. The van der Waals surface area contributed by atoms with Crippen molar-refractivity contribution in [2.45, 2.75) is 142 Å². The van der Waals surface area contributed by atoms with Crippen LogP contribution in [0.15, 0.2) is 12.7 Å². The minimum atomic E-state index is -2.20. The molecule has 0 fully saturated rings. The van der Waals surface area contributed by atoms with E-state index in [9.17, 15) is 0 Å². The van der Waals surface area contributed by atoms with E-state index in [2.05, 4.69) is 20.4 Å². The van der Waals surface area contributed by atoms with Crippen LogP contribution >= 0.6 is 0 Å². The number of unbranched alkanes of at least 4 members (excludes halogenated alkanes) is 18. The normalized spacial score (nSPS) is 11.5. The van der Waals surface area contributed by atoms with Crippen molar-refractivity contribution in [3.05, 3.63) is 12.7 Å². The minimum Gasteiger partial charge on any atom is -0.375 e. The highest BCUT2D eigenvalue weighted by Crippen LogP contribution is 2.12. The van der Waals surface area contributed by atoms with Gasteiger partial charge in [0.05, 0.1) is 6.61 Å². The average molecular weight is 473 g/mol. The molecule has 0 saturated carbocycles. The molecule has 5 heteroatoms. The van der Waals surface area contributed by atoms with Gasteiger partial charge in [-0.05, 0) is 12.8 Å². The van der Waals surface area contributed by atoms with Crippen LogP contribution in [0.25, 0.3) is 0 Å². The summed E-state index contributed by atoms with van der Waals surface area (Å²) in [6.07, 6.45) is 28.2. The molecule has 0 atom stereocenters. The topological polar surface area (TPSA) is 36.9 Å². The molecular formula is C27H56O4Si. The van der Waals surface area contributed by atoms with Gasteiger partial charge in [-0.1, -0.05) is 135 Å². The molecule has 0 aromatic heterocycles. The molecule has 0 bridgehead atoms. The molecule has 0 heterocycles. The van der Waals surface area contributed by atoms with E-state index in [0.29, 0.717) is 19.8 Å². The molecule has 0 aromatic rings. The van der Waals surface area contributed by atoms with Crippen molar-refractivity contribution in [3.8, 4) is 0 Å². The van der Waals surface area contributed by atoms with Gasteiger partial charge in [-0.3, -0.25) is 0 Å². The standard InChI is InChI=1S/C27H56O4Si/c1-4-7-9-11-13-15-17-19-21-23-26-29-32(31-28-25-6-3)30-27-24-22-20-18-16-14-12-10-8-5-2/h6,32H,3-5,7-27H2,1-2H3. The Balaban J connectivity index is 3.60. The van der Waals surface area contributed by atoms with Gasteiger partial charge in [-0.15, -0.1) is 6.58 Å². The average Bonchev–Trinajstić information content (AvgIpc) is 2.80. The largest absolute Gasteiger partial charge is 0.513 e. The van der Waals surface area contributed by atoms with Gasteiger partial charge in [-0.2, -0.15) is 0 Å². The van der Waals surface area contributed by atoms with Crippen molar-refractivity contribution in [1.29, 1.82) is 0 Å². The van der Waals surface area contributed by atoms with Crippen molar-refractivity contribution in [3.63, 3.8) is 0 Å². The Morgan fingerprint density at radius 3 is 1.22 bits per heavy atom. The van der Waals surface area contributed by atoms with E-state index in [1.54, 1.807) is 6.08 Å². The summed E-state index contributed by atoms with van der Waals surface area (Å²) < 4.78 is 17.2. The van der Waals surface area contributed by atoms with E-state index >= 15 is 0 Å². The van der Waals surface area contributed by atoms with Crippen LogP contribution in [0.3, 0.4) is 0 Å². The molecule has 0 unspecified atom stereocenters. The van der Waals surface area contributed by atoms with Crippen LogP contribution in [0.5, 0.6) is 0 Å². The van der Waals surface area contributed by atoms with Gasteiger partial charge < -0.3 is 8.85 Å². The first kappa shape index (κ1) is 31.8. The molecule has 32 heavy (non-hydrogen) atoms. The molecule has 0 radical (unpaired) electrons. The first-order chi connectivity index (χ1) is 15.8. The Hall–Kier alpha value is -0.203. The number of hydrogen-bond acceptors (Lipinski definition) is 4. The smallest absolute Gasteiger partial charge is 0.375 e. The lowest BCUT2D eigenvalue weighted by atomic mass is 10.1. The molecule has 4 nitrogen and oxygen atoms in total. The van der Waals surface area contributed by atoms with Gasteiger partial charge in [-0.25, -0.2) is 9.46 Å². The second kappa shape index (κ2) is 28.8. The Bertz CT molecular complexity index is 329. The van der Waals surface area contributed by atoms with E-state index < -0.39 is 9.53 Å². The van der Waals surface area contributed by atoms with E-state index in [0.717, 1.165) is 12.8 Å². The van der Waals surface area contributed by atoms with Gasteiger partial charge in [0, 0.05) is 13.2 Å². The third kappa shape index (κ3) is 26.1. The summed E-state index contributed by atoms with van der Waals surface area (Å²) in [6.45, 7) is 9.99. The minimum absolute atomic E-state index is 0.368. The maximum absolute atomic E-state index is 5.89. The molecule has 0 amide bonds. The van der Waals surface area contributed by atoms with E-state index in [4.69, 9.17) is 18.3 Å². The summed E-state index contributed by atoms with van der Waals surface area (Å²) in [4.78, 5) is 5.14. The Labute approximate surface area is 202 Å². The highest BCUT2D eigenvalue weighted by molar-refractivity contribution is 6.35. The fraction of sp³-hybridized carbons (Fsp3) is 0.926. The Morgan fingerprint density at radius 2 is 0.875 bits per heavy atom. The van der Waals surface area contributed by atoms with Crippen molar-refractivity contribution in [1.82, 2.24) is 0 Å². The van der Waals surface area contributed by atoms with Crippen LogP contribution in [-0.4, -0.2) is 29.3 Å². The zero-order chi connectivity index (χ0) is 23.4. The lowest BCUT2D eigenvalue weighted by Gasteiger charge is -2.15. The summed E-state index contributed by atoms with van der Waals surface area (Å²) in [5.74, 6) is 0.